The van der Waals surface area contributed by atoms with Gasteiger partial charge in [0.05, 0.1) is 18.6 Å². The van der Waals surface area contributed by atoms with Crippen LogP contribution >= 0.6 is 11.6 Å². The first-order chi connectivity index (χ1) is 23.2. The average Bonchev–Trinajstić information content (AvgIpc) is 3.65. The van der Waals surface area contributed by atoms with Gasteiger partial charge in [-0.2, -0.15) is 5.48 Å². The zero-order valence-electron chi connectivity index (χ0n) is 29.0. The molecule has 270 valence electrons. The molecule has 2 aliphatic carbocycles. The van der Waals surface area contributed by atoms with Crippen molar-refractivity contribution in [1.82, 2.24) is 26.3 Å². The summed E-state index contributed by atoms with van der Waals surface area (Å²) in [4.78, 5) is 75.4. The molecule has 1 aromatic carbocycles. The summed E-state index contributed by atoms with van der Waals surface area (Å²) in [5.74, 6) is -2.93. The summed E-state index contributed by atoms with van der Waals surface area (Å²) in [6, 6.07) is 0.503. The van der Waals surface area contributed by atoms with E-state index in [1.54, 1.807) is 0 Å². The summed E-state index contributed by atoms with van der Waals surface area (Å²) in [6.45, 7) is 7.41. The third kappa shape index (κ3) is 9.18. The van der Waals surface area contributed by atoms with Crippen LogP contribution < -0.4 is 21.4 Å². The summed E-state index contributed by atoms with van der Waals surface area (Å²) < 4.78 is 14.9. The van der Waals surface area contributed by atoms with Gasteiger partial charge >= 0.3 is 0 Å². The first-order valence-corrected chi connectivity index (χ1v) is 18.2. The lowest BCUT2D eigenvalue weighted by atomic mass is 9.84. The molecule has 1 spiro atoms. The first-order valence-electron chi connectivity index (χ1n) is 17.8. The van der Waals surface area contributed by atoms with E-state index in [0.29, 0.717) is 23.4 Å². The molecule has 5 atom stereocenters. The van der Waals surface area contributed by atoms with Gasteiger partial charge in [-0.1, -0.05) is 65.0 Å². The zero-order chi connectivity index (χ0) is 35.5. The average molecular weight is 704 g/mol. The molecule has 2 aliphatic heterocycles. The Kier molecular flexibility index (Phi) is 11.7. The van der Waals surface area contributed by atoms with Crippen molar-refractivity contribution in [3.8, 4) is 0 Å². The van der Waals surface area contributed by atoms with Crippen molar-refractivity contribution in [1.29, 1.82) is 0 Å². The maximum absolute atomic E-state index is 14.9. The summed E-state index contributed by atoms with van der Waals surface area (Å²) in [5, 5.41) is 8.82. The molecule has 13 heteroatoms. The fourth-order valence-corrected chi connectivity index (χ4v) is 7.58. The number of halogens is 2. The van der Waals surface area contributed by atoms with Crippen molar-refractivity contribution < 1.29 is 33.2 Å². The molecule has 4 aliphatic rings. The molecule has 2 saturated carbocycles. The van der Waals surface area contributed by atoms with Gasteiger partial charge in [0, 0.05) is 35.9 Å². The molecule has 5 rings (SSSR count). The smallest absolute Gasteiger partial charge is 0.289 e. The Hall–Kier alpha value is -3.09. The number of hydrogen-bond acceptors (Lipinski definition) is 7. The highest BCUT2D eigenvalue weighted by Gasteiger charge is 2.56. The van der Waals surface area contributed by atoms with Crippen LogP contribution in [-0.4, -0.2) is 70.6 Å². The number of carbonyl (C=O) groups is 5. The molecule has 0 bridgehead atoms. The van der Waals surface area contributed by atoms with Gasteiger partial charge in [0.2, 0.25) is 23.5 Å². The fraction of sp³-hybridized carbons (Fsp3) is 0.694. The number of ketones is 1. The lowest BCUT2D eigenvalue weighted by Crippen LogP contribution is -2.59. The van der Waals surface area contributed by atoms with Gasteiger partial charge in [-0.3, -0.25) is 28.8 Å². The predicted molar refractivity (Wildman–Crippen MR) is 181 cm³/mol. The number of amides is 4. The molecule has 4 amide bonds. The molecular weight excluding hydrogens is 653 g/mol. The monoisotopic (exact) mass is 703 g/mol. The van der Waals surface area contributed by atoms with Crippen LogP contribution in [0.3, 0.4) is 0 Å². The highest BCUT2D eigenvalue weighted by molar-refractivity contribution is 6.38. The van der Waals surface area contributed by atoms with Gasteiger partial charge in [0.1, 0.15) is 23.5 Å². The Bertz CT molecular complexity index is 1430. The standard InChI is InChI=1S/C36H51ClFN5O6/c1-5-9-26(30(45)33(47)39-23-13-14-23)40-32(46)28-19-36(18-27(42-49-36)24-17-22(37)12-15-25(24)38)20-43(28)34(48)31(35(2,3)4)41-29(44)16-21-10-7-6-8-11-21/h12,15,17,21,23,26-28,31,42H,5-11,13-14,16,18-20H2,1-4H3,(H,39,47)(H,40,46)(H,41,44)/t26-,27?,28-,31+,36+/m0/s1. The van der Waals surface area contributed by atoms with Crippen LogP contribution in [0, 0.1) is 17.2 Å². The maximum Gasteiger partial charge on any atom is 0.289 e. The minimum Gasteiger partial charge on any atom is -0.347 e. The molecule has 11 nitrogen and oxygen atoms in total. The largest absolute Gasteiger partial charge is 0.347 e. The summed E-state index contributed by atoms with van der Waals surface area (Å²) >= 11 is 6.18. The number of rotatable bonds is 12. The Balaban J connectivity index is 1.39. The fourth-order valence-electron chi connectivity index (χ4n) is 7.40. The van der Waals surface area contributed by atoms with Gasteiger partial charge < -0.3 is 20.9 Å². The van der Waals surface area contributed by atoms with Gasteiger partial charge in [0.15, 0.2) is 0 Å². The third-order valence-corrected chi connectivity index (χ3v) is 10.5. The Morgan fingerprint density at radius 1 is 1.06 bits per heavy atom. The highest BCUT2D eigenvalue weighted by atomic mass is 35.5. The van der Waals surface area contributed by atoms with Crippen LogP contribution in [0.5, 0.6) is 0 Å². The second-order valence-corrected chi connectivity index (χ2v) is 16.0. The lowest BCUT2D eigenvalue weighted by molar-refractivity contribution is -0.145. The molecule has 2 saturated heterocycles. The lowest BCUT2D eigenvalue weighted by Gasteiger charge is -2.36. The minimum atomic E-state index is -1.09. The number of hydrogen-bond donors (Lipinski definition) is 4. The molecule has 4 fully saturated rings. The van der Waals surface area contributed by atoms with Crippen LogP contribution in [0.4, 0.5) is 4.39 Å². The van der Waals surface area contributed by atoms with E-state index in [1.165, 1.54) is 29.5 Å². The van der Waals surface area contributed by atoms with E-state index >= 15 is 0 Å². The zero-order valence-corrected chi connectivity index (χ0v) is 29.8. The van der Waals surface area contributed by atoms with Crippen molar-refractivity contribution >= 4 is 41.0 Å². The van der Waals surface area contributed by atoms with Gasteiger partial charge in [-0.15, -0.1) is 0 Å². The number of Topliss-reactive ketones (excluding diaryl/α,β-unsaturated/α-hetero) is 1. The molecule has 4 N–H and O–H groups in total. The highest BCUT2D eigenvalue weighted by Crippen LogP contribution is 2.43. The number of hydroxylamine groups is 1. The normalized spacial score (nSPS) is 25.6. The van der Waals surface area contributed by atoms with Crippen LogP contribution in [0.2, 0.25) is 5.02 Å². The third-order valence-electron chi connectivity index (χ3n) is 10.3. The van der Waals surface area contributed by atoms with Crippen molar-refractivity contribution in [2.45, 2.75) is 141 Å². The van der Waals surface area contributed by atoms with Crippen LogP contribution in [0.15, 0.2) is 18.2 Å². The van der Waals surface area contributed by atoms with Crippen molar-refractivity contribution in [2.24, 2.45) is 11.3 Å². The van der Waals surface area contributed by atoms with Crippen molar-refractivity contribution in [3.05, 3.63) is 34.6 Å². The number of benzene rings is 1. The molecule has 1 unspecified atom stereocenters. The summed E-state index contributed by atoms with van der Waals surface area (Å²) in [5.41, 5.74) is 1.41. The molecule has 49 heavy (non-hydrogen) atoms. The quantitative estimate of drug-likeness (QED) is 0.236. The van der Waals surface area contributed by atoms with E-state index in [0.717, 1.165) is 38.5 Å². The summed E-state index contributed by atoms with van der Waals surface area (Å²) in [6.07, 6.45) is 8.30. The topological polar surface area (TPSA) is 146 Å². The molecule has 2 heterocycles. The second kappa shape index (κ2) is 15.4. The molecule has 1 aromatic rings. The van der Waals surface area contributed by atoms with Crippen molar-refractivity contribution in [2.75, 3.05) is 6.54 Å². The number of carbonyl (C=O) groups excluding carboxylic acids is 5. The van der Waals surface area contributed by atoms with Crippen LogP contribution in [0.25, 0.3) is 0 Å². The number of likely N-dealkylation sites (tertiary alicyclic amines) is 1. The SMILES string of the molecule is CCC[C@H](NC(=O)[C@@H]1C[C@]2(CC(c3cc(Cl)ccc3F)NO2)CN1C(=O)[C@@H](NC(=O)CC1CCCCC1)C(C)(C)C)C(=O)C(=O)NC1CC1. The van der Waals surface area contributed by atoms with Crippen molar-refractivity contribution in [3.63, 3.8) is 0 Å². The Morgan fingerprint density at radius 3 is 2.43 bits per heavy atom. The number of nitrogens with one attached hydrogen (secondary N) is 4. The van der Waals surface area contributed by atoms with E-state index < -0.39 is 64.5 Å². The van der Waals surface area contributed by atoms with Gasteiger partial charge in [-0.05, 0) is 61.6 Å². The van der Waals surface area contributed by atoms with E-state index in [2.05, 4.69) is 21.4 Å². The van der Waals surface area contributed by atoms with E-state index in [1.807, 2.05) is 27.7 Å². The molecular formula is C36H51ClFN5O6. The maximum atomic E-state index is 14.9. The predicted octanol–water partition coefficient (Wildman–Crippen LogP) is 4.42. The van der Waals surface area contributed by atoms with E-state index in [4.69, 9.17) is 16.4 Å². The molecule has 0 aromatic heterocycles. The second-order valence-electron chi connectivity index (χ2n) is 15.5. The summed E-state index contributed by atoms with van der Waals surface area (Å²) in [7, 11) is 0. The first kappa shape index (κ1) is 37.2. The van der Waals surface area contributed by atoms with E-state index in [9.17, 15) is 28.4 Å². The Morgan fingerprint density at radius 2 is 1.78 bits per heavy atom. The number of nitrogens with zero attached hydrogens (tertiary/aromatic N) is 1. The van der Waals surface area contributed by atoms with Gasteiger partial charge in [0.25, 0.3) is 5.91 Å². The van der Waals surface area contributed by atoms with E-state index in [-0.39, 0.29) is 43.7 Å². The van der Waals surface area contributed by atoms with Crippen LogP contribution in [-0.2, 0) is 28.8 Å². The van der Waals surface area contributed by atoms with Gasteiger partial charge in [-0.25, -0.2) is 4.39 Å². The molecule has 0 radical (unpaired) electrons. The minimum absolute atomic E-state index is 0.0186. The van der Waals surface area contributed by atoms with Crippen LogP contribution in [0.1, 0.15) is 116 Å². The Labute approximate surface area is 293 Å².